The molecule has 0 saturated carbocycles. The van der Waals surface area contributed by atoms with Crippen LogP contribution in [0.5, 0.6) is 0 Å². The van der Waals surface area contributed by atoms with E-state index in [9.17, 15) is 19.5 Å². The smallest absolute Gasteiger partial charge is 0.354 e. The Morgan fingerprint density at radius 2 is 1.70 bits per heavy atom. The quantitative estimate of drug-likeness (QED) is 0.465. The van der Waals surface area contributed by atoms with Crippen molar-refractivity contribution in [2.45, 2.75) is 46.2 Å². The second kappa shape index (κ2) is 11.0. The molecule has 8 nitrogen and oxygen atoms in total. The largest absolute Gasteiger partial charge is 0.481 e. The summed E-state index contributed by atoms with van der Waals surface area (Å²) >= 11 is 5.97. The van der Waals surface area contributed by atoms with Gasteiger partial charge < -0.3 is 10.4 Å². The molecule has 174 valence electrons. The van der Waals surface area contributed by atoms with Crippen LogP contribution in [0, 0.1) is 5.92 Å². The van der Waals surface area contributed by atoms with Gasteiger partial charge in [0.2, 0.25) is 5.95 Å². The van der Waals surface area contributed by atoms with Crippen LogP contribution in [-0.4, -0.2) is 25.2 Å². The number of rotatable bonds is 10. The van der Waals surface area contributed by atoms with Crippen molar-refractivity contribution >= 4 is 29.2 Å². The maximum atomic E-state index is 13.2. The molecule has 1 aromatic heterocycles. The molecule has 9 heteroatoms. The molecule has 0 saturated heterocycles. The molecule has 0 fully saturated rings. The standard InChI is InChI=1S/C24H27ClN4O4/c1-3-4-5-17-8-12-20(13-9-17)26-22-27-23(32)29(14-16(2)21(30)31)24(33)28(22)15-18-6-10-19(25)11-7-18/h6-13,16H,3-5,14-15H2,1-2H3,(H,30,31)(H,26,27,32)/t16-/m0/s1. The summed E-state index contributed by atoms with van der Waals surface area (Å²) in [4.78, 5) is 41.2. The fraction of sp³-hybridized carbons (Fsp3) is 0.333. The third-order valence-corrected chi connectivity index (χ3v) is 5.56. The number of halogens is 1. The minimum Gasteiger partial charge on any atom is -0.481 e. The topological polar surface area (TPSA) is 106 Å². The Morgan fingerprint density at radius 3 is 2.30 bits per heavy atom. The maximum Gasteiger partial charge on any atom is 0.354 e. The number of benzene rings is 2. The van der Waals surface area contributed by atoms with Gasteiger partial charge in [0, 0.05) is 17.3 Å². The van der Waals surface area contributed by atoms with Gasteiger partial charge >= 0.3 is 17.3 Å². The first-order valence-corrected chi connectivity index (χ1v) is 11.2. The van der Waals surface area contributed by atoms with Gasteiger partial charge in [-0.15, -0.1) is 0 Å². The van der Waals surface area contributed by atoms with Crippen molar-refractivity contribution in [1.29, 1.82) is 0 Å². The van der Waals surface area contributed by atoms with Gasteiger partial charge in [-0.3, -0.25) is 9.36 Å². The summed E-state index contributed by atoms with van der Waals surface area (Å²) in [6.45, 7) is 3.43. The maximum absolute atomic E-state index is 13.2. The minimum atomic E-state index is -1.10. The Kier molecular flexibility index (Phi) is 8.06. The summed E-state index contributed by atoms with van der Waals surface area (Å²) in [5.74, 6) is -1.94. The first-order chi connectivity index (χ1) is 15.8. The molecule has 1 atom stereocenters. The number of aromatic nitrogens is 3. The van der Waals surface area contributed by atoms with E-state index in [1.54, 1.807) is 24.3 Å². The molecule has 1 heterocycles. The molecule has 0 aliphatic heterocycles. The van der Waals surface area contributed by atoms with Gasteiger partial charge in [0.05, 0.1) is 12.5 Å². The monoisotopic (exact) mass is 470 g/mol. The fourth-order valence-corrected chi connectivity index (χ4v) is 3.44. The first-order valence-electron chi connectivity index (χ1n) is 10.8. The van der Waals surface area contributed by atoms with Gasteiger partial charge in [-0.1, -0.05) is 56.1 Å². The number of carboxylic acids is 1. The van der Waals surface area contributed by atoms with E-state index >= 15 is 0 Å². The predicted molar refractivity (Wildman–Crippen MR) is 128 cm³/mol. The molecule has 3 rings (SSSR count). The Bertz CT molecular complexity index is 1220. The van der Waals surface area contributed by atoms with Crippen LogP contribution in [-0.2, 0) is 24.3 Å². The van der Waals surface area contributed by atoms with Crippen LogP contribution in [0.3, 0.4) is 0 Å². The van der Waals surface area contributed by atoms with Gasteiger partial charge in [0.15, 0.2) is 0 Å². The molecule has 0 spiro atoms. The number of carbonyl (C=O) groups is 1. The molecule has 0 aliphatic rings. The van der Waals surface area contributed by atoms with Crippen molar-refractivity contribution in [3.05, 3.63) is 85.6 Å². The molecule has 33 heavy (non-hydrogen) atoms. The highest BCUT2D eigenvalue weighted by molar-refractivity contribution is 6.30. The summed E-state index contributed by atoms with van der Waals surface area (Å²) in [5.41, 5.74) is 1.22. The summed E-state index contributed by atoms with van der Waals surface area (Å²) in [6.07, 6.45) is 3.19. The number of hydrogen-bond acceptors (Lipinski definition) is 5. The lowest BCUT2D eigenvalue weighted by Crippen LogP contribution is -2.44. The highest BCUT2D eigenvalue weighted by Crippen LogP contribution is 2.17. The highest BCUT2D eigenvalue weighted by Gasteiger charge is 2.19. The molecule has 3 aromatic rings. The van der Waals surface area contributed by atoms with E-state index in [0.717, 1.165) is 29.4 Å². The van der Waals surface area contributed by atoms with Crippen LogP contribution in [0.1, 0.15) is 37.8 Å². The molecular weight excluding hydrogens is 444 g/mol. The van der Waals surface area contributed by atoms with E-state index in [2.05, 4.69) is 17.2 Å². The molecule has 2 N–H and O–H groups in total. The third-order valence-electron chi connectivity index (χ3n) is 5.31. The van der Waals surface area contributed by atoms with Crippen molar-refractivity contribution in [3.8, 4) is 0 Å². The van der Waals surface area contributed by atoms with Gasteiger partial charge in [-0.2, -0.15) is 4.98 Å². The zero-order valence-electron chi connectivity index (χ0n) is 18.6. The number of hydrogen-bond donors (Lipinski definition) is 2. The van der Waals surface area contributed by atoms with Gasteiger partial charge in [-0.05, 0) is 48.2 Å². The Balaban J connectivity index is 2.00. The second-order valence-corrected chi connectivity index (χ2v) is 8.42. The highest BCUT2D eigenvalue weighted by atomic mass is 35.5. The average molecular weight is 471 g/mol. The average Bonchev–Trinajstić information content (AvgIpc) is 2.79. The van der Waals surface area contributed by atoms with Gasteiger partial charge in [0.25, 0.3) is 0 Å². The Labute approximate surface area is 196 Å². The van der Waals surface area contributed by atoms with Crippen molar-refractivity contribution < 1.29 is 9.90 Å². The summed E-state index contributed by atoms with van der Waals surface area (Å²) < 4.78 is 2.18. The molecular formula is C24H27ClN4O4. The fourth-order valence-electron chi connectivity index (χ4n) is 3.31. The second-order valence-electron chi connectivity index (χ2n) is 7.99. The Morgan fingerprint density at radius 1 is 1.06 bits per heavy atom. The Hall–Kier alpha value is -3.39. The number of nitrogens with zero attached hydrogens (tertiary/aromatic N) is 3. The lowest BCUT2D eigenvalue weighted by atomic mass is 10.1. The summed E-state index contributed by atoms with van der Waals surface area (Å²) in [6, 6.07) is 14.7. The molecule has 0 amide bonds. The van der Waals surface area contributed by atoms with E-state index in [4.69, 9.17) is 11.6 Å². The van der Waals surface area contributed by atoms with Crippen LogP contribution in [0.4, 0.5) is 11.6 Å². The van der Waals surface area contributed by atoms with Crippen molar-refractivity contribution in [1.82, 2.24) is 14.1 Å². The number of unbranched alkanes of at least 4 members (excludes halogenated alkanes) is 1. The number of nitrogens with one attached hydrogen (secondary N) is 1. The predicted octanol–water partition coefficient (Wildman–Crippen LogP) is 3.91. The van der Waals surface area contributed by atoms with Crippen LogP contribution in [0.15, 0.2) is 58.1 Å². The molecule has 2 aromatic carbocycles. The van der Waals surface area contributed by atoms with Crippen LogP contribution < -0.4 is 16.7 Å². The SMILES string of the molecule is CCCCc1ccc(Nc2nc(=O)n(C[C@H](C)C(=O)O)c(=O)n2Cc2ccc(Cl)cc2)cc1. The van der Waals surface area contributed by atoms with Gasteiger partial charge in [0.1, 0.15) is 0 Å². The minimum absolute atomic E-state index is 0.0838. The first kappa shape index (κ1) is 24.3. The molecule has 0 bridgehead atoms. The lowest BCUT2D eigenvalue weighted by Gasteiger charge is -2.17. The molecule has 0 unspecified atom stereocenters. The van der Waals surface area contributed by atoms with E-state index in [0.29, 0.717) is 10.7 Å². The van der Waals surface area contributed by atoms with Crippen molar-refractivity contribution in [3.63, 3.8) is 0 Å². The summed E-state index contributed by atoms with van der Waals surface area (Å²) in [7, 11) is 0. The number of aryl methyl sites for hydroxylation is 1. The zero-order valence-corrected chi connectivity index (χ0v) is 19.4. The number of aliphatic carboxylic acids is 1. The lowest BCUT2D eigenvalue weighted by molar-refractivity contribution is -0.141. The number of anilines is 2. The van der Waals surface area contributed by atoms with E-state index < -0.39 is 23.3 Å². The van der Waals surface area contributed by atoms with Gasteiger partial charge in [-0.25, -0.2) is 14.2 Å². The molecule has 0 aliphatic carbocycles. The molecule has 0 radical (unpaired) electrons. The third kappa shape index (κ3) is 6.32. The van der Waals surface area contributed by atoms with Crippen LogP contribution in [0.2, 0.25) is 5.02 Å². The van der Waals surface area contributed by atoms with Crippen molar-refractivity contribution in [2.24, 2.45) is 5.92 Å². The normalized spacial score (nSPS) is 11.8. The van der Waals surface area contributed by atoms with E-state index in [-0.39, 0.29) is 19.0 Å². The van der Waals surface area contributed by atoms with Crippen LogP contribution in [0.25, 0.3) is 0 Å². The van der Waals surface area contributed by atoms with E-state index in [1.165, 1.54) is 17.1 Å². The summed E-state index contributed by atoms with van der Waals surface area (Å²) in [5, 5.41) is 12.8. The number of carboxylic acid groups (broad SMARTS) is 1. The van der Waals surface area contributed by atoms with Crippen molar-refractivity contribution in [2.75, 3.05) is 5.32 Å². The van der Waals surface area contributed by atoms with E-state index in [1.807, 2.05) is 24.3 Å². The van der Waals surface area contributed by atoms with Crippen LogP contribution >= 0.6 is 11.6 Å². The zero-order chi connectivity index (χ0) is 24.0.